The van der Waals surface area contributed by atoms with Gasteiger partial charge in [-0.15, -0.1) is 0 Å². The van der Waals surface area contributed by atoms with Crippen LogP contribution >= 0.6 is 0 Å². The molecule has 1 aromatic rings. The first-order chi connectivity index (χ1) is 9.88. The normalized spacial score (nSPS) is 21.9. The van der Waals surface area contributed by atoms with Crippen LogP contribution in [0.5, 0.6) is 0 Å². The number of carboxylic acids is 1. The zero-order chi connectivity index (χ0) is 15.6. The van der Waals surface area contributed by atoms with Crippen molar-refractivity contribution in [3.8, 4) is 0 Å². The number of aliphatic carboxylic acids is 1. The van der Waals surface area contributed by atoms with Crippen LogP contribution in [0.1, 0.15) is 44.1 Å². The Morgan fingerprint density at radius 1 is 1.48 bits per heavy atom. The minimum Gasteiger partial charge on any atom is -0.481 e. The third-order valence-corrected chi connectivity index (χ3v) is 4.14. The van der Waals surface area contributed by atoms with Crippen LogP contribution in [0.25, 0.3) is 0 Å². The highest BCUT2D eigenvalue weighted by Gasteiger charge is 2.36. The predicted octanol–water partition coefficient (Wildman–Crippen LogP) is 2.51. The Hall–Kier alpha value is -1.78. The summed E-state index contributed by atoms with van der Waals surface area (Å²) in [5.41, 5.74) is 0. The Morgan fingerprint density at radius 3 is 2.71 bits per heavy atom. The molecule has 0 bridgehead atoms. The van der Waals surface area contributed by atoms with Crippen LogP contribution in [0.15, 0.2) is 16.5 Å². The van der Waals surface area contributed by atoms with Gasteiger partial charge in [-0.05, 0) is 24.5 Å². The van der Waals surface area contributed by atoms with Gasteiger partial charge in [0.15, 0.2) is 0 Å². The number of hydrogen-bond acceptors (Lipinski definition) is 3. The van der Waals surface area contributed by atoms with Crippen LogP contribution in [0.2, 0.25) is 0 Å². The van der Waals surface area contributed by atoms with Gasteiger partial charge in [-0.25, -0.2) is 0 Å². The highest BCUT2D eigenvalue weighted by molar-refractivity contribution is 5.77. The maximum absolute atomic E-state index is 12.0. The molecule has 3 unspecified atom stereocenters. The highest BCUT2D eigenvalue weighted by atomic mass is 16.4. The molecule has 21 heavy (non-hydrogen) atoms. The molecule has 0 spiro atoms. The Balaban J connectivity index is 1.78. The number of carbonyl (C=O) groups is 2. The molecule has 5 heteroatoms. The lowest BCUT2D eigenvalue weighted by Gasteiger charge is -2.19. The van der Waals surface area contributed by atoms with Gasteiger partial charge in [0, 0.05) is 32.4 Å². The summed E-state index contributed by atoms with van der Waals surface area (Å²) in [5.74, 6) is 1.62. The van der Waals surface area contributed by atoms with Gasteiger partial charge in [-0.2, -0.15) is 0 Å². The zero-order valence-electron chi connectivity index (χ0n) is 12.8. The van der Waals surface area contributed by atoms with Crippen LogP contribution < -0.4 is 0 Å². The van der Waals surface area contributed by atoms with E-state index in [0.717, 1.165) is 11.5 Å². The van der Waals surface area contributed by atoms with Gasteiger partial charge in [0.2, 0.25) is 5.91 Å². The van der Waals surface area contributed by atoms with Crippen LogP contribution in [-0.4, -0.2) is 35.5 Å². The first kappa shape index (κ1) is 15.6. The van der Waals surface area contributed by atoms with E-state index in [9.17, 15) is 9.59 Å². The van der Waals surface area contributed by atoms with Gasteiger partial charge in [0.1, 0.15) is 11.5 Å². The molecular formula is C16H23NO4. The second kappa shape index (κ2) is 6.33. The molecule has 0 aromatic carbocycles. The third-order valence-electron chi connectivity index (χ3n) is 4.14. The van der Waals surface area contributed by atoms with Crippen molar-refractivity contribution in [1.82, 2.24) is 4.90 Å². The summed E-state index contributed by atoms with van der Waals surface area (Å²) in [6, 6.07) is 3.94. The number of carboxylic acid groups (broad SMARTS) is 1. The molecule has 1 amide bonds. The molecule has 0 radical (unpaired) electrons. The minimum absolute atomic E-state index is 0.0548. The molecule has 5 nitrogen and oxygen atoms in total. The number of hydrogen-bond donors (Lipinski definition) is 1. The standard InChI is InChI=1S/C16H23NO4/c1-10-8-13(10)14-6-4-12(21-14)5-7-15(18)17(3)9-11(2)16(19)20/h4,6,10-11,13H,5,7-9H2,1-3H3,(H,19,20). The maximum Gasteiger partial charge on any atom is 0.308 e. The van der Waals surface area contributed by atoms with Gasteiger partial charge in [-0.1, -0.05) is 13.8 Å². The Labute approximate surface area is 124 Å². The smallest absolute Gasteiger partial charge is 0.308 e. The van der Waals surface area contributed by atoms with Crippen molar-refractivity contribution in [3.63, 3.8) is 0 Å². The number of nitrogens with zero attached hydrogens (tertiary/aromatic N) is 1. The molecule has 1 heterocycles. The van der Waals surface area contributed by atoms with Gasteiger partial charge >= 0.3 is 5.97 Å². The van der Waals surface area contributed by atoms with Crippen molar-refractivity contribution in [1.29, 1.82) is 0 Å². The summed E-state index contributed by atoms with van der Waals surface area (Å²) in [6.07, 6.45) is 2.09. The van der Waals surface area contributed by atoms with Crippen molar-refractivity contribution >= 4 is 11.9 Å². The first-order valence-corrected chi connectivity index (χ1v) is 7.44. The van der Waals surface area contributed by atoms with E-state index < -0.39 is 11.9 Å². The average molecular weight is 293 g/mol. The number of carbonyl (C=O) groups excluding carboxylic acids is 1. The van der Waals surface area contributed by atoms with E-state index >= 15 is 0 Å². The molecule has 3 atom stereocenters. The fourth-order valence-electron chi connectivity index (χ4n) is 2.46. The molecule has 1 saturated carbocycles. The van der Waals surface area contributed by atoms with Crippen molar-refractivity contribution in [2.45, 2.75) is 39.0 Å². The predicted molar refractivity (Wildman–Crippen MR) is 78.0 cm³/mol. The second-order valence-electron chi connectivity index (χ2n) is 6.14. The molecule has 1 aliphatic carbocycles. The summed E-state index contributed by atoms with van der Waals surface area (Å²) in [6.45, 7) is 4.04. The summed E-state index contributed by atoms with van der Waals surface area (Å²) < 4.78 is 5.76. The Morgan fingerprint density at radius 2 is 2.14 bits per heavy atom. The zero-order valence-corrected chi connectivity index (χ0v) is 12.8. The molecule has 1 N–H and O–H groups in total. The SMILES string of the molecule is CC(CN(C)C(=O)CCc1ccc(C2CC2C)o1)C(=O)O. The largest absolute Gasteiger partial charge is 0.481 e. The highest BCUT2D eigenvalue weighted by Crippen LogP contribution is 2.47. The summed E-state index contributed by atoms with van der Waals surface area (Å²) >= 11 is 0. The van der Waals surface area contributed by atoms with E-state index in [2.05, 4.69) is 6.92 Å². The Bertz CT molecular complexity index is 522. The molecule has 1 aromatic heterocycles. The van der Waals surface area contributed by atoms with E-state index in [1.54, 1.807) is 14.0 Å². The van der Waals surface area contributed by atoms with Crippen LogP contribution in [0.4, 0.5) is 0 Å². The molecule has 1 aliphatic rings. The van der Waals surface area contributed by atoms with E-state index in [-0.39, 0.29) is 12.5 Å². The van der Waals surface area contributed by atoms with E-state index in [0.29, 0.717) is 24.7 Å². The molecular weight excluding hydrogens is 270 g/mol. The van der Waals surface area contributed by atoms with E-state index in [4.69, 9.17) is 9.52 Å². The monoisotopic (exact) mass is 293 g/mol. The average Bonchev–Trinajstić information content (AvgIpc) is 2.98. The fourth-order valence-corrected chi connectivity index (χ4v) is 2.46. The van der Waals surface area contributed by atoms with Crippen LogP contribution in [0, 0.1) is 11.8 Å². The van der Waals surface area contributed by atoms with Gasteiger partial charge in [0.25, 0.3) is 0 Å². The summed E-state index contributed by atoms with van der Waals surface area (Å²) in [5, 5.41) is 8.85. The van der Waals surface area contributed by atoms with Crippen molar-refractivity contribution in [3.05, 3.63) is 23.7 Å². The maximum atomic E-state index is 12.0. The lowest BCUT2D eigenvalue weighted by atomic mass is 10.1. The van der Waals surface area contributed by atoms with Gasteiger partial charge in [0.05, 0.1) is 5.92 Å². The fraction of sp³-hybridized carbons (Fsp3) is 0.625. The number of aryl methyl sites for hydroxylation is 1. The molecule has 1 fully saturated rings. The lowest BCUT2D eigenvalue weighted by molar-refractivity contribution is -0.142. The molecule has 0 aliphatic heterocycles. The second-order valence-corrected chi connectivity index (χ2v) is 6.14. The molecule has 0 saturated heterocycles. The number of rotatable bonds is 7. The van der Waals surface area contributed by atoms with Crippen molar-refractivity contribution in [2.24, 2.45) is 11.8 Å². The Kier molecular flexibility index (Phi) is 4.70. The first-order valence-electron chi connectivity index (χ1n) is 7.44. The van der Waals surface area contributed by atoms with Gasteiger partial charge < -0.3 is 14.4 Å². The number of amides is 1. The summed E-state index contributed by atoms with van der Waals surface area (Å²) in [4.78, 5) is 24.2. The van der Waals surface area contributed by atoms with E-state index in [1.807, 2.05) is 12.1 Å². The van der Waals surface area contributed by atoms with E-state index in [1.165, 1.54) is 11.3 Å². The third kappa shape index (κ3) is 4.09. The van der Waals surface area contributed by atoms with Crippen molar-refractivity contribution < 1.29 is 19.1 Å². The summed E-state index contributed by atoms with van der Waals surface area (Å²) in [7, 11) is 1.64. The van der Waals surface area contributed by atoms with Gasteiger partial charge in [-0.3, -0.25) is 9.59 Å². The molecule has 2 rings (SSSR count). The molecule has 116 valence electrons. The van der Waals surface area contributed by atoms with Crippen LogP contribution in [0.3, 0.4) is 0 Å². The lowest BCUT2D eigenvalue weighted by Crippen LogP contribution is -2.33. The van der Waals surface area contributed by atoms with Crippen molar-refractivity contribution in [2.75, 3.05) is 13.6 Å². The number of furan rings is 1. The minimum atomic E-state index is -0.885. The van der Waals surface area contributed by atoms with Crippen LogP contribution in [-0.2, 0) is 16.0 Å². The quantitative estimate of drug-likeness (QED) is 0.838. The topological polar surface area (TPSA) is 70.8 Å².